The van der Waals surface area contributed by atoms with Crippen molar-refractivity contribution in [3.63, 3.8) is 0 Å². The van der Waals surface area contributed by atoms with E-state index >= 15 is 0 Å². The van der Waals surface area contributed by atoms with Crippen molar-refractivity contribution < 1.29 is 14.7 Å². The highest BCUT2D eigenvalue weighted by atomic mass is 16.4. The molecule has 0 radical (unpaired) electrons. The first kappa shape index (κ1) is 14.0. The summed E-state index contributed by atoms with van der Waals surface area (Å²) in [6, 6.07) is 0.157. The van der Waals surface area contributed by atoms with Crippen LogP contribution in [0.3, 0.4) is 0 Å². The van der Waals surface area contributed by atoms with E-state index in [2.05, 4.69) is 15.7 Å². The highest BCUT2D eigenvalue weighted by molar-refractivity contribution is 5.91. The zero-order chi connectivity index (χ0) is 13.7. The number of carboxylic acids is 1. The number of nitrogens with zero attached hydrogens (tertiary/aromatic N) is 2. The smallest absolute Gasteiger partial charge is 0.326 e. The lowest BCUT2D eigenvalue weighted by Gasteiger charge is -2.17. The molecule has 0 aliphatic carbocycles. The first-order valence-electron chi connectivity index (χ1n) is 5.77. The van der Waals surface area contributed by atoms with Crippen molar-refractivity contribution in [3.8, 4) is 0 Å². The molecule has 1 aromatic heterocycles. The molecule has 100 valence electrons. The third kappa shape index (κ3) is 3.76. The fourth-order valence-corrected chi connectivity index (χ4v) is 1.41. The maximum atomic E-state index is 11.6. The lowest BCUT2D eigenvalue weighted by atomic mass is 10.1. The number of carboxylic acid groups (broad SMARTS) is 1. The molecule has 7 nitrogen and oxygen atoms in total. The Hall–Kier alpha value is -2.05. The average Bonchev–Trinajstić information content (AvgIpc) is 2.72. The van der Waals surface area contributed by atoms with Crippen molar-refractivity contribution in [2.75, 3.05) is 5.32 Å². The SMILES string of the molecule is CCn1ccc(NC(=O)N[C@@H](C(=O)O)C(C)C)n1. The fraction of sp³-hybridized carbons (Fsp3) is 0.545. The van der Waals surface area contributed by atoms with E-state index in [1.54, 1.807) is 30.8 Å². The van der Waals surface area contributed by atoms with E-state index in [0.29, 0.717) is 12.4 Å². The number of rotatable bonds is 5. The molecule has 0 unspecified atom stereocenters. The number of anilines is 1. The number of amides is 2. The van der Waals surface area contributed by atoms with Crippen molar-refractivity contribution in [1.82, 2.24) is 15.1 Å². The van der Waals surface area contributed by atoms with Crippen molar-refractivity contribution >= 4 is 17.8 Å². The molecule has 0 spiro atoms. The van der Waals surface area contributed by atoms with Crippen LogP contribution in [-0.2, 0) is 11.3 Å². The summed E-state index contributed by atoms with van der Waals surface area (Å²) in [6.07, 6.45) is 1.73. The largest absolute Gasteiger partial charge is 0.480 e. The number of aromatic nitrogens is 2. The highest BCUT2D eigenvalue weighted by Crippen LogP contribution is 2.04. The Bertz CT molecular complexity index is 428. The number of aliphatic carboxylic acids is 1. The summed E-state index contributed by atoms with van der Waals surface area (Å²) in [5.41, 5.74) is 0. The minimum Gasteiger partial charge on any atom is -0.480 e. The van der Waals surface area contributed by atoms with Gasteiger partial charge in [-0.15, -0.1) is 0 Å². The van der Waals surface area contributed by atoms with Gasteiger partial charge in [-0.1, -0.05) is 13.8 Å². The van der Waals surface area contributed by atoms with Crippen LogP contribution in [0.25, 0.3) is 0 Å². The number of hydrogen-bond acceptors (Lipinski definition) is 3. The maximum absolute atomic E-state index is 11.6. The Labute approximate surface area is 105 Å². The summed E-state index contributed by atoms with van der Waals surface area (Å²) < 4.78 is 1.66. The van der Waals surface area contributed by atoms with Gasteiger partial charge in [0.25, 0.3) is 0 Å². The van der Waals surface area contributed by atoms with Crippen LogP contribution in [0.1, 0.15) is 20.8 Å². The summed E-state index contributed by atoms with van der Waals surface area (Å²) in [7, 11) is 0. The predicted octanol–water partition coefficient (Wildman–Crippen LogP) is 1.13. The van der Waals surface area contributed by atoms with E-state index < -0.39 is 18.0 Å². The quantitative estimate of drug-likeness (QED) is 0.734. The minimum atomic E-state index is -1.06. The van der Waals surface area contributed by atoms with E-state index in [4.69, 9.17) is 5.11 Å². The predicted molar refractivity (Wildman–Crippen MR) is 66.3 cm³/mol. The molecule has 0 aliphatic heterocycles. The Morgan fingerprint density at radius 3 is 2.61 bits per heavy atom. The number of aryl methyl sites for hydroxylation is 1. The summed E-state index contributed by atoms with van der Waals surface area (Å²) >= 11 is 0. The molecule has 1 atom stereocenters. The maximum Gasteiger partial charge on any atom is 0.326 e. The third-order valence-corrected chi connectivity index (χ3v) is 2.43. The van der Waals surface area contributed by atoms with Gasteiger partial charge < -0.3 is 10.4 Å². The normalized spacial score (nSPS) is 12.2. The lowest BCUT2D eigenvalue weighted by Crippen LogP contribution is -2.46. The van der Waals surface area contributed by atoms with Crippen LogP contribution in [0.2, 0.25) is 0 Å². The number of nitrogens with one attached hydrogen (secondary N) is 2. The van der Waals surface area contributed by atoms with Crippen LogP contribution in [-0.4, -0.2) is 32.9 Å². The second kappa shape index (κ2) is 6.04. The van der Waals surface area contributed by atoms with E-state index in [-0.39, 0.29) is 5.92 Å². The Balaban J connectivity index is 2.57. The van der Waals surface area contributed by atoms with Crippen molar-refractivity contribution in [2.24, 2.45) is 5.92 Å². The van der Waals surface area contributed by atoms with Gasteiger partial charge in [0.2, 0.25) is 0 Å². The summed E-state index contributed by atoms with van der Waals surface area (Å²) in [4.78, 5) is 22.5. The first-order valence-corrected chi connectivity index (χ1v) is 5.77. The van der Waals surface area contributed by atoms with Crippen LogP contribution in [0.5, 0.6) is 0 Å². The lowest BCUT2D eigenvalue weighted by molar-refractivity contribution is -0.140. The van der Waals surface area contributed by atoms with E-state index in [1.165, 1.54) is 0 Å². The Kier molecular flexibility index (Phi) is 4.70. The molecule has 0 aromatic carbocycles. The van der Waals surface area contributed by atoms with Crippen molar-refractivity contribution in [3.05, 3.63) is 12.3 Å². The molecule has 2 amide bonds. The van der Waals surface area contributed by atoms with Crippen LogP contribution >= 0.6 is 0 Å². The second-order valence-corrected chi connectivity index (χ2v) is 4.22. The fourth-order valence-electron chi connectivity index (χ4n) is 1.41. The van der Waals surface area contributed by atoms with Gasteiger partial charge in [0.05, 0.1) is 0 Å². The standard InChI is InChI=1S/C11H18N4O3/c1-4-15-6-5-8(14-15)12-11(18)13-9(7(2)3)10(16)17/h5-7,9H,4H2,1-3H3,(H,16,17)(H2,12,13,14,18)/t9-/m1/s1. The molecule has 0 aliphatic rings. The monoisotopic (exact) mass is 254 g/mol. The molecule has 0 saturated heterocycles. The average molecular weight is 254 g/mol. The van der Waals surface area contributed by atoms with Gasteiger partial charge >= 0.3 is 12.0 Å². The van der Waals surface area contributed by atoms with Gasteiger partial charge in [-0.3, -0.25) is 10.00 Å². The van der Waals surface area contributed by atoms with Gasteiger partial charge in [-0.2, -0.15) is 5.10 Å². The second-order valence-electron chi connectivity index (χ2n) is 4.22. The third-order valence-electron chi connectivity index (χ3n) is 2.43. The molecule has 0 saturated carbocycles. The summed E-state index contributed by atoms with van der Waals surface area (Å²) in [5.74, 6) is -0.858. The molecule has 1 rings (SSSR count). The summed E-state index contributed by atoms with van der Waals surface area (Å²) in [5, 5.41) is 17.9. The number of carbonyl (C=O) groups is 2. The molecule has 18 heavy (non-hydrogen) atoms. The number of urea groups is 1. The van der Waals surface area contributed by atoms with Crippen molar-refractivity contribution in [2.45, 2.75) is 33.4 Å². The topological polar surface area (TPSA) is 96.2 Å². The van der Waals surface area contributed by atoms with Crippen LogP contribution in [0.15, 0.2) is 12.3 Å². The summed E-state index contributed by atoms with van der Waals surface area (Å²) in [6.45, 7) is 6.08. The van der Waals surface area contributed by atoms with E-state index in [0.717, 1.165) is 0 Å². The van der Waals surface area contributed by atoms with Crippen LogP contribution in [0, 0.1) is 5.92 Å². The van der Waals surface area contributed by atoms with Gasteiger partial charge in [0, 0.05) is 18.8 Å². The van der Waals surface area contributed by atoms with Gasteiger partial charge in [-0.05, 0) is 12.8 Å². The van der Waals surface area contributed by atoms with Crippen molar-refractivity contribution in [1.29, 1.82) is 0 Å². The zero-order valence-electron chi connectivity index (χ0n) is 10.7. The number of hydrogen-bond donors (Lipinski definition) is 3. The molecule has 1 aromatic rings. The first-order chi connectivity index (χ1) is 8.43. The van der Waals surface area contributed by atoms with Crippen LogP contribution < -0.4 is 10.6 Å². The molecule has 0 fully saturated rings. The Morgan fingerprint density at radius 1 is 1.50 bits per heavy atom. The molecular formula is C11H18N4O3. The van der Waals surface area contributed by atoms with Gasteiger partial charge in [-0.25, -0.2) is 9.59 Å². The zero-order valence-corrected chi connectivity index (χ0v) is 10.7. The number of carbonyl (C=O) groups excluding carboxylic acids is 1. The molecular weight excluding hydrogens is 236 g/mol. The van der Waals surface area contributed by atoms with E-state index in [9.17, 15) is 9.59 Å². The van der Waals surface area contributed by atoms with E-state index in [1.807, 2.05) is 6.92 Å². The van der Waals surface area contributed by atoms with Gasteiger partial charge in [0.15, 0.2) is 5.82 Å². The van der Waals surface area contributed by atoms with Gasteiger partial charge in [0.1, 0.15) is 6.04 Å². The van der Waals surface area contributed by atoms with Crippen LogP contribution in [0.4, 0.5) is 10.6 Å². The molecule has 1 heterocycles. The molecule has 0 bridgehead atoms. The molecule has 3 N–H and O–H groups in total. The minimum absolute atomic E-state index is 0.193. The highest BCUT2D eigenvalue weighted by Gasteiger charge is 2.23. The molecule has 7 heteroatoms. The Morgan fingerprint density at radius 2 is 2.17 bits per heavy atom.